The molecule has 3 rings (SSSR count). The van der Waals surface area contributed by atoms with Gasteiger partial charge in [0.1, 0.15) is 5.82 Å². The normalized spacial score (nSPS) is 10.8. The van der Waals surface area contributed by atoms with Crippen molar-refractivity contribution >= 4 is 16.8 Å². The number of aromatic amines is 1. The van der Waals surface area contributed by atoms with Crippen LogP contribution in [0.2, 0.25) is 0 Å². The van der Waals surface area contributed by atoms with Gasteiger partial charge >= 0.3 is 0 Å². The van der Waals surface area contributed by atoms with Crippen LogP contribution in [-0.4, -0.2) is 31.9 Å². The van der Waals surface area contributed by atoms with Gasteiger partial charge in [0.15, 0.2) is 0 Å². The molecular formula is C18H18N4O3. The first kappa shape index (κ1) is 16.6. The molecule has 25 heavy (non-hydrogen) atoms. The number of fused-ring (bicyclic) bond motifs is 1. The van der Waals surface area contributed by atoms with Crippen LogP contribution in [-0.2, 0) is 13.6 Å². The number of nitrogens with zero attached hydrogens (tertiary/aromatic N) is 3. The zero-order valence-corrected chi connectivity index (χ0v) is 14.0. The number of para-hydroxylation sites is 1. The lowest BCUT2D eigenvalue weighted by molar-refractivity contribution is 0.0748. The lowest BCUT2D eigenvalue weighted by atomic mass is 10.2. The summed E-state index contributed by atoms with van der Waals surface area (Å²) >= 11 is 0. The Hall–Kier alpha value is -3.22. The van der Waals surface area contributed by atoms with Crippen LogP contribution in [0.3, 0.4) is 0 Å². The third-order valence-corrected chi connectivity index (χ3v) is 4.02. The molecular weight excluding hydrogens is 320 g/mol. The van der Waals surface area contributed by atoms with Crippen molar-refractivity contribution in [2.24, 2.45) is 7.05 Å². The van der Waals surface area contributed by atoms with E-state index in [1.54, 1.807) is 43.6 Å². The Morgan fingerprint density at radius 3 is 2.72 bits per heavy atom. The number of carbonyl (C=O) groups is 1. The number of amides is 1. The molecule has 1 N–H and O–H groups in total. The molecule has 0 spiro atoms. The van der Waals surface area contributed by atoms with E-state index in [0.29, 0.717) is 28.8 Å². The van der Waals surface area contributed by atoms with Crippen molar-refractivity contribution in [2.45, 2.75) is 13.5 Å². The second kappa shape index (κ2) is 6.72. The molecule has 0 aliphatic rings. The van der Waals surface area contributed by atoms with Gasteiger partial charge in [0.05, 0.1) is 17.4 Å². The van der Waals surface area contributed by atoms with Gasteiger partial charge in [0.25, 0.3) is 17.0 Å². The minimum absolute atomic E-state index is 0.157. The zero-order chi connectivity index (χ0) is 18.0. The van der Waals surface area contributed by atoms with E-state index in [0.717, 1.165) is 0 Å². The maximum atomic E-state index is 12.7. The van der Waals surface area contributed by atoms with Crippen LogP contribution in [0.15, 0.2) is 52.2 Å². The maximum absolute atomic E-state index is 12.7. The molecule has 0 aliphatic carbocycles. The number of hydrogen-bond acceptors (Lipinski definition) is 4. The van der Waals surface area contributed by atoms with Gasteiger partial charge in [-0.2, -0.15) is 0 Å². The van der Waals surface area contributed by atoms with E-state index < -0.39 is 0 Å². The van der Waals surface area contributed by atoms with Crippen LogP contribution in [0.5, 0.6) is 0 Å². The fourth-order valence-electron chi connectivity index (χ4n) is 2.58. The number of H-pyrrole nitrogens is 1. The number of nitrogens with one attached hydrogen (secondary N) is 1. The molecule has 1 aromatic carbocycles. The highest BCUT2D eigenvalue weighted by molar-refractivity contribution is 5.94. The molecule has 128 valence electrons. The molecule has 0 radical (unpaired) electrons. The Kier molecular flexibility index (Phi) is 4.47. The quantitative estimate of drug-likeness (QED) is 0.776. The predicted octanol–water partition coefficient (Wildman–Crippen LogP) is 1.28. The minimum Gasteiger partial charge on any atom is -0.331 e. The zero-order valence-electron chi connectivity index (χ0n) is 14.0. The summed E-state index contributed by atoms with van der Waals surface area (Å²) in [5, 5.41) is 0.507. The highest BCUT2D eigenvalue weighted by Crippen LogP contribution is 2.09. The smallest absolute Gasteiger partial charge is 0.258 e. The molecule has 0 unspecified atom stereocenters. The molecule has 1 amide bonds. The van der Waals surface area contributed by atoms with E-state index in [4.69, 9.17) is 0 Å². The Morgan fingerprint density at radius 2 is 2.00 bits per heavy atom. The molecule has 0 fully saturated rings. The van der Waals surface area contributed by atoms with E-state index in [-0.39, 0.29) is 23.6 Å². The summed E-state index contributed by atoms with van der Waals surface area (Å²) in [5.41, 5.74) is 0.406. The second-order valence-corrected chi connectivity index (χ2v) is 5.71. The molecule has 2 aromatic heterocycles. The second-order valence-electron chi connectivity index (χ2n) is 5.71. The van der Waals surface area contributed by atoms with E-state index in [1.165, 1.54) is 15.5 Å². The van der Waals surface area contributed by atoms with Gasteiger partial charge < -0.3 is 14.5 Å². The molecule has 0 atom stereocenters. The lowest BCUT2D eigenvalue weighted by Crippen LogP contribution is -2.33. The van der Waals surface area contributed by atoms with Crippen LogP contribution in [0, 0.1) is 0 Å². The Labute approximate surface area is 143 Å². The van der Waals surface area contributed by atoms with Crippen molar-refractivity contribution in [3.63, 3.8) is 0 Å². The van der Waals surface area contributed by atoms with Gasteiger partial charge in [-0.05, 0) is 25.1 Å². The Balaban J connectivity index is 1.91. The molecule has 3 aromatic rings. The fraction of sp³-hybridized carbons (Fsp3) is 0.222. The molecule has 7 nitrogen and oxygen atoms in total. The number of benzene rings is 1. The van der Waals surface area contributed by atoms with Gasteiger partial charge in [-0.15, -0.1) is 0 Å². The summed E-state index contributed by atoms with van der Waals surface area (Å²) in [4.78, 5) is 45.2. The first-order chi connectivity index (χ1) is 12.0. The van der Waals surface area contributed by atoms with Gasteiger partial charge in [-0.25, -0.2) is 4.98 Å². The van der Waals surface area contributed by atoms with Gasteiger partial charge in [-0.3, -0.25) is 14.4 Å². The van der Waals surface area contributed by atoms with Crippen LogP contribution in [0.1, 0.15) is 23.1 Å². The van der Waals surface area contributed by atoms with Crippen LogP contribution in [0.25, 0.3) is 10.9 Å². The minimum atomic E-state index is -0.281. The summed E-state index contributed by atoms with van der Waals surface area (Å²) in [6.07, 6.45) is 1.56. The maximum Gasteiger partial charge on any atom is 0.258 e. The summed E-state index contributed by atoms with van der Waals surface area (Å²) < 4.78 is 1.40. The fourth-order valence-corrected chi connectivity index (χ4v) is 2.58. The predicted molar refractivity (Wildman–Crippen MR) is 94.5 cm³/mol. The third kappa shape index (κ3) is 3.35. The average Bonchev–Trinajstić information content (AvgIpc) is 2.61. The first-order valence-corrected chi connectivity index (χ1v) is 7.93. The van der Waals surface area contributed by atoms with Crippen molar-refractivity contribution in [1.82, 2.24) is 19.4 Å². The van der Waals surface area contributed by atoms with Crippen LogP contribution in [0.4, 0.5) is 0 Å². The van der Waals surface area contributed by atoms with Crippen molar-refractivity contribution in [3.8, 4) is 0 Å². The first-order valence-electron chi connectivity index (χ1n) is 7.93. The third-order valence-electron chi connectivity index (χ3n) is 4.02. The monoisotopic (exact) mass is 338 g/mol. The van der Waals surface area contributed by atoms with E-state index in [9.17, 15) is 14.4 Å². The summed E-state index contributed by atoms with van der Waals surface area (Å²) in [5.74, 6) is 0.124. The summed E-state index contributed by atoms with van der Waals surface area (Å²) in [7, 11) is 1.62. The lowest BCUT2D eigenvalue weighted by Gasteiger charge is -2.20. The van der Waals surface area contributed by atoms with Gasteiger partial charge in [0, 0.05) is 31.4 Å². The number of pyridine rings is 1. The van der Waals surface area contributed by atoms with Crippen LogP contribution >= 0.6 is 0 Å². The average molecular weight is 338 g/mol. The number of hydrogen-bond donors (Lipinski definition) is 1. The number of carbonyl (C=O) groups excluding carboxylic acids is 1. The molecule has 0 saturated carbocycles. The SMILES string of the molecule is CCN(Cc1nc2ccccc2c(=O)[nH]1)C(=O)c1ccn(C)c(=O)c1. The van der Waals surface area contributed by atoms with Gasteiger partial charge in [-0.1, -0.05) is 12.1 Å². The summed E-state index contributed by atoms with van der Waals surface area (Å²) in [6, 6.07) is 9.95. The number of rotatable bonds is 4. The number of aromatic nitrogens is 3. The van der Waals surface area contributed by atoms with Crippen molar-refractivity contribution in [3.05, 3.63) is 74.7 Å². The van der Waals surface area contributed by atoms with Crippen molar-refractivity contribution in [1.29, 1.82) is 0 Å². The molecule has 0 saturated heterocycles. The topological polar surface area (TPSA) is 88.1 Å². The number of aryl methyl sites for hydroxylation is 1. The summed E-state index contributed by atoms with van der Waals surface area (Å²) in [6.45, 7) is 2.41. The molecule has 2 heterocycles. The highest BCUT2D eigenvalue weighted by atomic mass is 16.2. The highest BCUT2D eigenvalue weighted by Gasteiger charge is 2.17. The van der Waals surface area contributed by atoms with E-state index in [1.807, 2.05) is 6.92 Å². The standard InChI is InChI=1S/C18H18N4O3/c1-3-22(18(25)12-8-9-21(2)16(23)10-12)11-15-19-14-7-5-4-6-13(14)17(24)20-15/h4-10H,3,11H2,1-2H3,(H,19,20,24). The van der Waals surface area contributed by atoms with E-state index >= 15 is 0 Å². The van der Waals surface area contributed by atoms with Crippen molar-refractivity contribution in [2.75, 3.05) is 6.54 Å². The molecule has 0 bridgehead atoms. The van der Waals surface area contributed by atoms with Gasteiger partial charge in [0.2, 0.25) is 0 Å². The van der Waals surface area contributed by atoms with Crippen molar-refractivity contribution < 1.29 is 4.79 Å². The molecule has 0 aliphatic heterocycles. The Bertz CT molecular complexity index is 1050. The van der Waals surface area contributed by atoms with Crippen LogP contribution < -0.4 is 11.1 Å². The Morgan fingerprint density at radius 1 is 1.24 bits per heavy atom. The van der Waals surface area contributed by atoms with E-state index in [2.05, 4.69) is 9.97 Å². The molecule has 7 heteroatoms. The largest absolute Gasteiger partial charge is 0.331 e.